The number of nitrogens with zero attached hydrogens (tertiary/aromatic N) is 1. The highest BCUT2D eigenvalue weighted by atomic mass is 15.2. The number of fused-ring (bicyclic) bond motifs is 1. The second-order valence-electron chi connectivity index (χ2n) is 6.36. The molecule has 4 atom stereocenters. The van der Waals surface area contributed by atoms with Crippen molar-refractivity contribution < 1.29 is 0 Å². The second kappa shape index (κ2) is 6.19. The largest absolute Gasteiger partial charge is 0.319 e. The van der Waals surface area contributed by atoms with Crippen molar-refractivity contribution in [1.82, 2.24) is 10.2 Å². The molecule has 100 valence electrons. The molecule has 0 amide bonds. The number of hydrogen-bond acceptors (Lipinski definition) is 2. The van der Waals surface area contributed by atoms with Crippen molar-refractivity contribution in [2.75, 3.05) is 26.7 Å². The zero-order valence-electron chi connectivity index (χ0n) is 11.9. The van der Waals surface area contributed by atoms with Gasteiger partial charge in [0.05, 0.1) is 0 Å². The topological polar surface area (TPSA) is 15.3 Å². The molecule has 0 radical (unpaired) electrons. The van der Waals surface area contributed by atoms with E-state index in [4.69, 9.17) is 0 Å². The average molecular weight is 238 g/mol. The van der Waals surface area contributed by atoms with Crippen molar-refractivity contribution in [3.05, 3.63) is 0 Å². The SMILES string of the molecule is CNCC(C)C(C)N1CCC2CCCCC2C1. The molecule has 0 aromatic rings. The normalized spacial score (nSPS) is 34.1. The summed E-state index contributed by atoms with van der Waals surface area (Å²) in [6.45, 7) is 8.67. The lowest BCUT2D eigenvalue weighted by Gasteiger charge is -2.45. The van der Waals surface area contributed by atoms with Gasteiger partial charge in [-0.15, -0.1) is 0 Å². The van der Waals surface area contributed by atoms with E-state index < -0.39 is 0 Å². The fraction of sp³-hybridized carbons (Fsp3) is 1.00. The summed E-state index contributed by atoms with van der Waals surface area (Å²) < 4.78 is 0. The van der Waals surface area contributed by atoms with Gasteiger partial charge in [0.1, 0.15) is 0 Å². The Hall–Kier alpha value is -0.0800. The number of rotatable bonds is 4. The van der Waals surface area contributed by atoms with Gasteiger partial charge in [0.15, 0.2) is 0 Å². The molecule has 0 aromatic carbocycles. The van der Waals surface area contributed by atoms with E-state index in [1.807, 2.05) is 0 Å². The summed E-state index contributed by atoms with van der Waals surface area (Å²) in [6, 6.07) is 0.741. The number of nitrogens with one attached hydrogen (secondary N) is 1. The Morgan fingerprint density at radius 3 is 2.53 bits per heavy atom. The molecule has 0 aromatic heterocycles. The van der Waals surface area contributed by atoms with E-state index in [0.717, 1.165) is 30.3 Å². The maximum absolute atomic E-state index is 3.32. The fourth-order valence-corrected chi connectivity index (χ4v) is 3.85. The molecule has 1 saturated carbocycles. The van der Waals surface area contributed by atoms with Crippen molar-refractivity contribution >= 4 is 0 Å². The van der Waals surface area contributed by atoms with Crippen LogP contribution in [0, 0.1) is 17.8 Å². The smallest absolute Gasteiger partial charge is 0.0105 e. The predicted octanol–water partition coefficient (Wildman–Crippen LogP) is 2.74. The Morgan fingerprint density at radius 2 is 1.82 bits per heavy atom. The maximum Gasteiger partial charge on any atom is 0.0105 e. The van der Waals surface area contributed by atoms with Gasteiger partial charge in [0.2, 0.25) is 0 Å². The third-order valence-electron chi connectivity index (χ3n) is 5.25. The van der Waals surface area contributed by atoms with Crippen LogP contribution in [0.4, 0.5) is 0 Å². The monoisotopic (exact) mass is 238 g/mol. The molecule has 4 unspecified atom stereocenters. The van der Waals surface area contributed by atoms with Gasteiger partial charge < -0.3 is 10.2 Å². The van der Waals surface area contributed by atoms with Gasteiger partial charge in [0.25, 0.3) is 0 Å². The Labute approximate surface area is 107 Å². The van der Waals surface area contributed by atoms with Crippen LogP contribution in [0.25, 0.3) is 0 Å². The zero-order valence-corrected chi connectivity index (χ0v) is 11.9. The van der Waals surface area contributed by atoms with Crippen LogP contribution >= 0.6 is 0 Å². The van der Waals surface area contributed by atoms with E-state index in [0.29, 0.717) is 0 Å². The van der Waals surface area contributed by atoms with E-state index in [9.17, 15) is 0 Å². The molecular weight excluding hydrogens is 208 g/mol. The number of piperidine rings is 1. The van der Waals surface area contributed by atoms with Crippen LogP contribution in [0.15, 0.2) is 0 Å². The Morgan fingerprint density at radius 1 is 1.12 bits per heavy atom. The molecule has 2 aliphatic rings. The molecule has 0 bridgehead atoms. The highest BCUT2D eigenvalue weighted by Gasteiger charge is 2.33. The first-order chi connectivity index (χ1) is 8.22. The molecule has 1 aliphatic carbocycles. The van der Waals surface area contributed by atoms with Crippen LogP contribution in [0.5, 0.6) is 0 Å². The molecule has 2 fully saturated rings. The van der Waals surface area contributed by atoms with Crippen molar-refractivity contribution in [3.63, 3.8) is 0 Å². The average Bonchev–Trinajstić information content (AvgIpc) is 2.37. The van der Waals surface area contributed by atoms with E-state index in [1.54, 1.807) is 0 Å². The van der Waals surface area contributed by atoms with Gasteiger partial charge in [-0.2, -0.15) is 0 Å². The van der Waals surface area contributed by atoms with Crippen molar-refractivity contribution in [1.29, 1.82) is 0 Å². The highest BCUT2D eigenvalue weighted by molar-refractivity contribution is 4.86. The first-order valence-corrected chi connectivity index (χ1v) is 7.61. The molecule has 2 nitrogen and oxygen atoms in total. The van der Waals surface area contributed by atoms with Gasteiger partial charge in [-0.3, -0.25) is 0 Å². The van der Waals surface area contributed by atoms with Crippen LogP contribution in [0.2, 0.25) is 0 Å². The first kappa shape index (κ1) is 13.4. The summed E-state index contributed by atoms with van der Waals surface area (Å²) >= 11 is 0. The minimum atomic E-state index is 0.741. The second-order valence-corrected chi connectivity index (χ2v) is 6.36. The zero-order chi connectivity index (χ0) is 12.3. The molecule has 1 aliphatic heterocycles. The van der Waals surface area contributed by atoms with Gasteiger partial charge in [0, 0.05) is 12.6 Å². The quantitative estimate of drug-likeness (QED) is 0.810. The van der Waals surface area contributed by atoms with E-state index in [-0.39, 0.29) is 0 Å². The van der Waals surface area contributed by atoms with Gasteiger partial charge >= 0.3 is 0 Å². The molecule has 1 N–H and O–H groups in total. The van der Waals surface area contributed by atoms with Gasteiger partial charge in [-0.1, -0.05) is 26.2 Å². The van der Waals surface area contributed by atoms with E-state index >= 15 is 0 Å². The summed E-state index contributed by atoms with van der Waals surface area (Å²) in [7, 11) is 2.07. The summed E-state index contributed by atoms with van der Waals surface area (Å²) in [5.74, 6) is 2.84. The van der Waals surface area contributed by atoms with Crippen LogP contribution < -0.4 is 5.32 Å². The number of hydrogen-bond donors (Lipinski definition) is 1. The Bertz CT molecular complexity index is 229. The Balaban J connectivity index is 1.86. The molecular formula is C15H30N2. The van der Waals surface area contributed by atoms with Crippen LogP contribution in [0.3, 0.4) is 0 Å². The minimum absolute atomic E-state index is 0.741. The lowest BCUT2D eigenvalue weighted by atomic mass is 9.74. The number of likely N-dealkylation sites (tertiary alicyclic amines) is 1. The lowest BCUT2D eigenvalue weighted by Crippen LogP contribution is -2.49. The molecule has 2 rings (SSSR count). The van der Waals surface area contributed by atoms with Crippen LogP contribution in [-0.2, 0) is 0 Å². The first-order valence-electron chi connectivity index (χ1n) is 7.61. The van der Waals surface area contributed by atoms with Crippen LogP contribution in [-0.4, -0.2) is 37.6 Å². The third kappa shape index (κ3) is 3.23. The predicted molar refractivity (Wildman–Crippen MR) is 74.2 cm³/mol. The standard InChI is InChI=1S/C15H30N2/c1-12(10-16-3)13(2)17-9-8-14-6-4-5-7-15(14)11-17/h12-16H,4-11H2,1-3H3. The lowest BCUT2D eigenvalue weighted by molar-refractivity contribution is 0.0455. The van der Waals surface area contributed by atoms with Crippen molar-refractivity contribution in [2.45, 2.75) is 52.0 Å². The summed E-state index contributed by atoms with van der Waals surface area (Å²) in [5.41, 5.74) is 0. The van der Waals surface area contributed by atoms with Crippen molar-refractivity contribution in [3.8, 4) is 0 Å². The molecule has 0 spiro atoms. The summed E-state index contributed by atoms with van der Waals surface area (Å²) in [5, 5.41) is 3.32. The molecule has 1 saturated heterocycles. The molecule has 17 heavy (non-hydrogen) atoms. The highest BCUT2D eigenvalue weighted by Crippen LogP contribution is 2.37. The van der Waals surface area contributed by atoms with E-state index in [2.05, 4.69) is 31.1 Å². The fourth-order valence-electron chi connectivity index (χ4n) is 3.85. The molecule has 2 heteroatoms. The third-order valence-corrected chi connectivity index (χ3v) is 5.25. The van der Waals surface area contributed by atoms with Gasteiger partial charge in [-0.05, 0) is 57.7 Å². The van der Waals surface area contributed by atoms with Crippen molar-refractivity contribution in [2.24, 2.45) is 17.8 Å². The molecule has 1 heterocycles. The summed E-state index contributed by atoms with van der Waals surface area (Å²) in [6.07, 6.45) is 7.44. The maximum atomic E-state index is 3.32. The minimum Gasteiger partial charge on any atom is -0.319 e. The van der Waals surface area contributed by atoms with Gasteiger partial charge in [-0.25, -0.2) is 0 Å². The van der Waals surface area contributed by atoms with E-state index in [1.165, 1.54) is 45.2 Å². The van der Waals surface area contributed by atoms with Crippen LogP contribution in [0.1, 0.15) is 46.0 Å². The summed E-state index contributed by atoms with van der Waals surface area (Å²) in [4.78, 5) is 2.76. The Kier molecular flexibility index (Phi) is 4.87.